The van der Waals surface area contributed by atoms with Crippen LogP contribution in [0.3, 0.4) is 0 Å². The van der Waals surface area contributed by atoms with Crippen molar-refractivity contribution in [3.63, 3.8) is 0 Å². The van der Waals surface area contributed by atoms with E-state index in [1.165, 1.54) is 12.5 Å². The fourth-order valence-electron chi connectivity index (χ4n) is 3.03. The van der Waals surface area contributed by atoms with E-state index >= 15 is 0 Å². The van der Waals surface area contributed by atoms with E-state index in [1.54, 1.807) is 12.2 Å². The van der Waals surface area contributed by atoms with Crippen molar-refractivity contribution in [1.29, 1.82) is 0 Å². The molecule has 0 aliphatic heterocycles. The smallest absolute Gasteiger partial charge is 0.311 e. The highest BCUT2D eigenvalue weighted by molar-refractivity contribution is 5.76. The molecule has 214 valence electrons. The number of aryl methyl sites for hydroxylation is 3. The van der Waals surface area contributed by atoms with Crippen LogP contribution in [0.25, 0.3) is 5.69 Å². The van der Waals surface area contributed by atoms with Crippen LogP contribution < -0.4 is 5.73 Å². The van der Waals surface area contributed by atoms with Crippen LogP contribution in [-0.4, -0.2) is 26.8 Å². The number of nitrogens with two attached hydrogens (primary N) is 1. The van der Waals surface area contributed by atoms with Gasteiger partial charge in [-0.2, -0.15) is 5.10 Å². The first-order valence-electron chi connectivity index (χ1n) is 12.8. The lowest BCUT2D eigenvalue weighted by molar-refractivity contribution is -0.138. The second-order valence-corrected chi connectivity index (χ2v) is 7.96. The third-order valence-electron chi connectivity index (χ3n) is 4.37. The first-order chi connectivity index (χ1) is 18.5. The van der Waals surface area contributed by atoms with Gasteiger partial charge in [-0.15, -0.1) is 26.3 Å². The van der Waals surface area contributed by atoms with Crippen molar-refractivity contribution in [2.45, 2.75) is 67.7 Å². The summed E-state index contributed by atoms with van der Waals surface area (Å²) in [7, 11) is 0. The number of benzene rings is 2. The summed E-state index contributed by atoms with van der Waals surface area (Å²) in [6.07, 6.45) is 3.87. The monoisotopic (exact) mass is 535 g/mol. The van der Waals surface area contributed by atoms with Crippen LogP contribution in [-0.2, 0) is 16.0 Å². The van der Waals surface area contributed by atoms with Crippen LogP contribution in [0.1, 0.15) is 68.6 Å². The molecule has 0 fully saturated rings. The summed E-state index contributed by atoms with van der Waals surface area (Å²) in [4.78, 5) is 21.0. The Hall–Kier alpha value is -4.19. The molecule has 0 aliphatic carbocycles. The zero-order valence-corrected chi connectivity index (χ0v) is 25.2. The average Bonchev–Trinajstić information content (AvgIpc) is 3.26. The lowest BCUT2D eigenvalue weighted by Gasteiger charge is -2.12. The number of carbonyl (C=O) groups excluding carboxylic acids is 1. The zero-order valence-electron chi connectivity index (χ0n) is 25.2. The molecule has 1 heterocycles. The standard InChI is InChI=1S/C21H22N2O2.2C3H6.C2H5NO.C2H6.C2H4/c1-14-7-9-19(10-8-14)23-16(3)12-18(22-23)13-20(21(24)25)17-6-4-5-15(2)11-17;2*1-3-2;1-2(3)4;2*1-2/h4-12,20H,13H2,1-3H3,(H,24,25);2*3H,1H2,2H3;1H3,(H2,3,4);1-2H3;1-2H2. The van der Waals surface area contributed by atoms with Gasteiger partial charge in [0.1, 0.15) is 0 Å². The molecule has 1 aromatic heterocycles. The molecule has 3 rings (SSSR count). The molecule has 0 bridgehead atoms. The van der Waals surface area contributed by atoms with Gasteiger partial charge < -0.3 is 10.8 Å². The lowest BCUT2D eigenvalue weighted by Crippen LogP contribution is -2.15. The molecule has 0 saturated carbocycles. The van der Waals surface area contributed by atoms with Gasteiger partial charge in [-0.1, -0.05) is 73.5 Å². The van der Waals surface area contributed by atoms with E-state index in [0.717, 1.165) is 28.2 Å². The highest BCUT2D eigenvalue weighted by Crippen LogP contribution is 2.23. The SMILES string of the molecule is C=C.C=CC.C=CC.CC.CC(N)=O.Cc1ccc(-n2nc(CC(C(=O)O)c3cccc(C)c3)cc2C)cc1. The van der Waals surface area contributed by atoms with Gasteiger partial charge in [0.25, 0.3) is 0 Å². The number of carboxylic acid groups (broad SMARTS) is 1. The quantitative estimate of drug-likeness (QED) is 0.324. The predicted molar refractivity (Wildman–Crippen MR) is 168 cm³/mol. The Morgan fingerprint density at radius 3 is 1.82 bits per heavy atom. The largest absolute Gasteiger partial charge is 0.481 e. The molecule has 6 heteroatoms. The molecule has 1 unspecified atom stereocenters. The van der Waals surface area contributed by atoms with Gasteiger partial charge in [-0.25, -0.2) is 4.68 Å². The van der Waals surface area contributed by atoms with E-state index in [2.05, 4.69) is 37.1 Å². The summed E-state index contributed by atoms with van der Waals surface area (Å²) < 4.78 is 1.87. The molecule has 0 radical (unpaired) electrons. The molecular weight excluding hydrogens is 486 g/mol. The summed E-state index contributed by atoms with van der Waals surface area (Å²) in [6.45, 7) is 27.8. The van der Waals surface area contributed by atoms with E-state index in [9.17, 15) is 14.7 Å². The van der Waals surface area contributed by atoms with E-state index in [-0.39, 0.29) is 5.91 Å². The fraction of sp³-hybridized carbons (Fsp3) is 0.303. The molecule has 0 saturated heterocycles. The number of primary amides is 1. The third kappa shape index (κ3) is 17.8. The number of carboxylic acids is 1. The van der Waals surface area contributed by atoms with E-state index in [1.807, 2.05) is 108 Å². The Balaban J connectivity index is -0.000000785. The van der Waals surface area contributed by atoms with Crippen molar-refractivity contribution in [3.05, 3.63) is 121 Å². The van der Waals surface area contributed by atoms with Gasteiger partial charge in [0, 0.05) is 19.0 Å². The number of aromatic nitrogens is 2. The van der Waals surface area contributed by atoms with Crippen molar-refractivity contribution in [3.8, 4) is 5.69 Å². The molecule has 3 N–H and O–H groups in total. The third-order valence-corrected chi connectivity index (χ3v) is 4.37. The van der Waals surface area contributed by atoms with E-state index < -0.39 is 11.9 Å². The maximum atomic E-state index is 11.8. The minimum absolute atomic E-state index is 0.333. The minimum atomic E-state index is -0.826. The Morgan fingerprint density at radius 2 is 1.41 bits per heavy atom. The number of amides is 1. The normalized spacial score (nSPS) is 9.33. The topological polar surface area (TPSA) is 98.2 Å². The van der Waals surface area contributed by atoms with Crippen molar-refractivity contribution >= 4 is 11.9 Å². The van der Waals surface area contributed by atoms with Crippen LogP contribution in [0.5, 0.6) is 0 Å². The molecule has 1 amide bonds. The fourth-order valence-corrected chi connectivity index (χ4v) is 3.03. The van der Waals surface area contributed by atoms with Crippen molar-refractivity contribution in [1.82, 2.24) is 9.78 Å². The number of hydrogen-bond acceptors (Lipinski definition) is 3. The summed E-state index contributed by atoms with van der Waals surface area (Å²) in [5.41, 5.74) is 10.3. The van der Waals surface area contributed by atoms with Crippen LogP contribution in [0.4, 0.5) is 0 Å². The van der Waals surface area contributed by atoms with Gasteiger partial charge in [-0.05, 0) is 58.4 Å². The average molecular weight is 536 g/mol. The lowest BCUT2D eigenvalue weighted by atomic mass is 9.93. The molecule has 2 aromatic carbocycles. The molecule has 39 heavy (non-hydrogen) atoms. The van der Waals surface area contributed by atoms with Crippen molar-refractivity contribution in [2.75, 3.05) is 0 Å². The zero-order chi connectivity index (χ0) is 31.0. The van der Waals surface area contributed by atoms with E-state index in [0.29, 0.717) is 6.42 Å². The highest BCUT2D eigenvalue weighted by atomic mass is 16.4. The Kier molecular flexibility index (Phi) is 24.4. The molecule has 3 aromatic rings. The second kappa shape index (κ2) is 24.2. The van der Waals surface area contributed by atoms with Crippen molar-refractivity contribution in [2.24, 2.45) is 5.73 Å². The number of rotatable bonds is 5. The number of nitrogens with zero attached hydrogens (tertiary/aromatic N) is 2. The van der Waals surface area contributed by atoms with Crippen LogP contribution >= 0.6 is 0 Å². The summed E-state index contributed by atoms with van der Waals surface area (Å²) in [5.74, 6) is -1.76. The first-order valence-corrected chi connectivity index (χ1v) is 12.8. The minimum Gasteiger partial charge on any atom is -0.481 e. The summed E-state index contributed by atoms with van der Waals surface area (Å²) >= 11 is 0. The predicted octanol–water partition coefficient (Wildman–Crippen LogP) is 7.91. The Labute approximate surface area is 236 Å². The van der Waals surface area contributed by atoms with Crippen LogP contribution in [0.15, 0.2) is 93.1 Å². The van der Waals surface area contributed by atoms with Crippen LogP contribution in [0.2, 0.25) is 0 Å². The Bertz CT molecular complexity index is 1090. The van der Waals surface area contributed by atoms with Crippen LogP contribution in [0, 0.1) is 20.8 Å². The number of aliphatic carboxylic acids is 1. The maximum Gasteiger partial charge on any atom is 0.311 e. The molecule has 6 nitrogen and oxygen atoms in total. The number of allylic oxidation sites excluding steroid dienone is 2. The molecule has 0 aliphatic rings. The Morgan fingerprint density at radius 1 is 0.949 bits per heavy atom. The molecular formula is C33H49N3O3. The van der Waals surface area contributed by atoms with Gasteiger partial charge in [-0.3, -0.25) is 9.59 Å². The number of carbonyl (C=O) groups is 2. The van der Waals surface area contributed by atoms with Gasteiger partial charge >= 0.3 is 5.97 Å². The van der Waals surface area contributed by atoms with Gasteiger partial charge in [0.2, 0.25) is 5.91 Å². The van der Waals surface area contributed by atoms with Crippen molar-refractivity contribution < 1.29 is 14.7 Å². The number of hydrogen-bond donors (Lipinski definition) is 2. The maximum absolute atomic E-state index is 11.8. The van der Waals surface area contributed by atoms with E-state index in [4.69, 9.17) is 0 Å². The summed E-state index contributed by atoms with van der Waals surface area (Å²) in [5, 5.41) is 14.3. The highest BCUT2D eigenvalue weighted by Gasteiger charge is 2.22. The second-order valence-electron chi connectivity index (χ2n) is 7.96. The molecule has 1 atom stereocenters. The van der Waals surface area contributed by atoms with Gasteiger partial charge in [0.15, 0.2) is 0 Å². The van der Waals surface area contributed by atoms with Gasteiger partial charge in [0.05, 0.1) is 17.3 Å². The molecule has 0 spiro atoms. The first kappa shape index (κ1) is 39.3. The summed E-state index contributed by atoms with van der Waals surface area (Å²) in [6, 6.07) is 17.8.